The van der Waals surface area contributed by atoms with Gasteiger partial charge in [-0.05, 0) is 67.1 Å². The normalized spacial score (nSPS) is 11.7. The summed E-state index contributed by atoms with van der Waals surface area (Å²) in [5, 5.41) is 7.19. The van der Waals surface area contributed by atoms with E-state index in [9.17, 15) is 0 Å². The lowest BCUT2D eigenvalue weighted by molar-refractivity contribution is 1.19. The Hall–Kier alpha value is -6.58. The minimum absolute atomic E-state index is 0.873. The molecule has 0 aliphatic heterocycles. The van der Waals surface area contributed by atoms with E-state index in [1.54, 1.807) is 0 Å². The van der Waals surface area contributed by atoms with E-state index in [2.05, 4.69) is 156 Å². The minimum atomic E-state index is 0.873. The Morgan fingerprint density at radius 1 is 0.327 bits per heavy atom. The summed E-state index contributed by atoms with van der Waals surface area (Å²) in [6.45, 7) is 0. The fourth-order valence-corrected chi connectivity index (χ4v) is 7.56. The molecule has 3 aromatic heterocycles. The minimum Gasteiger partial charge on any atom is -0.284 e. The fraction of sp³-hybridized carbons (Fsp3) is 0. The first-order chi connectivity index (χ1) is 24.3. The largest absolute Gasteiger partial charge is 0.284 e. The van der Waals surface area contributed by atoms with Gasteiger partial charge in [0.25, 0.3) is 0 Å². The predicted octanol–water partition coefficient (Wildman–Crippen LogP) is 12.0. The average Bonchev–Trinajstić information content (AvgIpc) is 3.56. The van der Waals surface area contributed by atoms with Gasteiger partial charge in [-0.1, -0.05) is 158 Å². The van der Waals surface area contributed by atoms with Crippen molar-refractivity contribution in [1.29, 1.82) is 0 Å². The molecule has 0 saturated carbocycles. The van der Waals surface area contributed by atoms with Crippen LogP contribution >= 0.6 is 0 Å². The number of aromatic nitrogens is 3. The van der Waals surface area contributed by atoms with Gasteiger partial charge < -0.3 is 0 Å². The van der Waals surface area contributed by atoms with Crippen molar-refractivity contribution in [3.8, 4) is 44.6 Å². The second kappa shape index (κ2) is 11.0. The lowest BCUT2D eigenvalue weighted by atomic mass is 9.85. The van der Waals surface area contributed by atoms with Gasteiger partial charge in [-0.25, -0.2) is 9.97 Å². The topological polar surface area (TPSA) is 30.2 Å². The SMILES string of the molecule is c1ccc(-c2ccc(-c3c4ccccc4c(-c4ccc(-c5nc6c(nc7ccccn76)c6ccccc56)cc4)c4ccccc34)cc2)cc1. The monoisotopic (exact) mass is 623 g/mol. The van der Waals surface area contributed by atoms with Gasteiger partial charge in [0.2, 0.25) is 0 Å². The Balaban J connectivity index is 1.14. The molecule has 0 spiro atoms. The molecule has 49 heavy (non-hydrogen) atoms. The molecule has 0 N–H and O–H groups in total. The van der Waals surface area contributed by atoms with Crippen LogP contribution in [0.5, 0.6) is 0 Å². The summed E-state index contributed by atoms with van der Waals surface area (Å²) >= 11 is 0. The average molecular weight is 624 g/mol. The number of rotatable bonds is 4. The smallest absolute Gasteiger partial charge is 0.165 e. The van der Waals surface area contributed by atoms with Gasteiger partial charge in [0.1, 0.15) is 11.2 Å². The van der Waals surface area contributed by atoms with Crippen molar-refractivity contribution in [3.63, 3.8) is 0 Å². The van der Waals surface area contributed by atoms with E-state index in [1.165, 1.54) is 54.9 Å². The molecule has 0 bridgehead atoms. The highest BCUT2D eigenvalue weighted by Gasteiger charge is 2.18. The fourth-order valence-electron chi connectivity index (χ4n) is 7.56. The predicted molar refractivity (Wildman–Crippen MR) is 205 cm³/mol. The Labute approximate surface area is 283 Å². The van der Waals surface area contributed by atoms with E-state index in [4.69, 9.17) is 9.97 Å². The molecule has 10 rings (SSSR count). The summed E-state index contributed by atoms with van der Waals surface area (Å²) in [5.41, 5.74) is 12.1. The van der Waals surface area contributed by atoms with Gasteiger partial charge in [-0.2, -0.15) is 0 Å². The number of pyridine rings is 2. The first kappa shape index (κ1) is 27.5. The molecule has 0 radical (unpaired) electrons. The molecule has 0 fully saturated rings. The first-order valence-corrected chi connectivity index (χ1v) is 16.7. The number of nitrogens with zero attached hydrogens (tertiary/aromatic N) is 3. The summed E-state index contributed by atoms with van der Waals surface area (Å²) in [4.78, 5) is 10.2. The molecule has 3 nitrogen and oxygen atoms in total. The van der Waals surface area contributed by atoms with Crippen LogP contribution in [0.2, 0.25) is 0 Å². The maximum atomic E-state index is 5.24. The van der Waals surface area contributed by atoms with Crippen molar-refractivity contribution in [2.45, 2.75) is 0 Å². The van der Waals surface area contributed by atoms with E-state index >= 15 is 0 Å². The number of imidazole rings is 1. The van der Waals surface area contributed by atoms with Crippen LogP contribution in [-0.2, 0) is 0 Å². The van der Waals surface area contributed by atoms with Crippen LogP contribution in [-0.4, -0.2) is 14.4 Å². The third kappa shape index (κ3) is 4.37. The summed E-state index contributed by atoms with van der Waals surface area (Å²) in [5.74, 6) is 0. The molecular weight excluding hydrogens is 595 g/mol. The Bertz CT molecular complexity index is 2790. The van der Waals surface area contributed by atoms with Gasteiger partial charge in [0.15, 0.2) is 5.65 Å². The lowest BCUT2D eigenvalue weighted by Crippen LogP contribution is -1.93. The Kier molecular flexibility index (Phi) is 6.18. The van der Waals surface area contributed by atoms with E-state index in [0.29, 0.717) is 0 Å². The van der Waals surface area contributed by atoms with Crippen LogP contribution in [0.4, 0.5) is 0 Å². The number of hydrogen-bond donors (Lipinski definition) is 0. The highest BCUT2D eigenvalue weighted by molar-refractivity contribution is 6.21. The molecule has 0 saturated heterocycles. The number of hydrogen-bond acceptors (Lipinski definition) is 2. The summed E-state index contributed by atoms with van der Waals surface area (Å²) in [6.07, 6.45) is 2.04. The van der Waals surface area contributed by atoms with E-state index in [-0.39, 0.29) is 0 Å². The molecule has 0 amide bonds. The van der Waals surface area contributed by atoms with Crippen LogP contribution in [0.3, 0.4) is 0 Å². The molecule has 0 unspecified atom stereocenters. The second-order valence-corrected chi connectivity index (χ2v) is 12.6. The van der Waals surface area contributed by atoms with Crippen molar-refractivity contribution in [2.24, 2.45) is 0 Å². The zero-order valence-electron chi connectivity index (χ0n) is 26.6. The molecule has 7 aromatic carbocycles. The van der Waals surface area contributed by atoms with E-state index < -0.39 is 0 Å². The van der Waals surface area contributed by atoms with Gasteiger partial charge in [-0.15, -0.1) is 0 Å². The molecule has 0 atom stereocenters. The number of benzene rings is 7. The van der Waals surface area contributed by atoms with Gasteiger partial charge in [0, 0.05) is 22.5 Å². The third-order valence-electron chi connectivity index (χ3n) is 9.82. The zero-order valence-corrected chi connectivity index (χ0v) is 26.6. The maximum Gasteiger partial charge on any atom is 0.165 e. The summed E-state index contributed by atoms with van der Waals surface area (Å²) in [7, 11) is 0. The Morgan fingerprint density at radius 2 is 0.776 bits per heavy atom. The summed E-state index contributed by atoms with van der Waals surface area (Å²) in [6, 6.07) is 60.7. The van der Waals surface area contributed by atoms with Crippen molar-refractivity contribution in [2.75, 3.05) is 0 Å². The molecular formula is C46H29N3. The van der Waals surface area contributed by atoms with Crippen LogP contribution < -0.4 is 0 Å². The zero-order chi connectivity index (χ0) is 32.3. The molecule has 0 aliphatic carbocycles. The van der Waals surface area contributed by atoms with Crippen molar-refractivity contribution >= 4 is 49.1 Å². The second-order valence-electron chi connectivity index (χ2n) is 12.6. The Morgan fingerprint density at radius 3 is 1.37 bits per heavy atom. The highest BCUT2D eigenvalue weighted by atomic mass is 15.1. The van der Waals surface area contributed by atoms with E-state index in [0.717, 1.165) is 38.8 Å². The first-order valence-electron chi connectivity index (χ1n) is 16.7. The van der Waals surface area contributed by atoms with Crippen molar-refractivity contribution in [1.82, 2.24) is 14.4 Å². The van der Waals surface area contributed by atoms with Gasteiger partial charge in [-0.3, -0.25) is 4.40 Å². The molecule has 0 aliphatic rings. The standard InChI is InChI=1S/C46H29N3/c1-2-12-30(13-3-1)31-21-23-32(24-22-31)42-35-14-4-6-16-37(35)43(38-17-7-5-15-36(38)42)33-25-27-34(28-26-33)44-39-18-8-9-19-40(39)45-46(48-44)49-29-11-10-20-41(49)47-45/h1-29H. The van der Waals surface area contributed by atoms with Gasteiger partial charge >= 0.3 is 0 Å². The van der Waals surface area contributed by atoms with Gasteiger partial charge in [0.05, 0.1) is 5.69 Å². The van der Waals surface area contributed by atoms with Crippen molar-refractivity contribution in [3.05, 3.63) is 176 Å². The summed E-state index contributed by atoms with van der Waals surface area (Å²) < 4.78 is 2.08. The van der Waals surface area contributed by atoms with Crippen LogP contribution in [0.25, 0.3) is 93.8 Å². The highest BCUT2D eigenvalue weighted by Crippen LogP contribution is 2.44. The quantitative estimate of drug-likeness (QED) is 0.183. The molecule has 3 heteroatoms. The van der Waals surface area contributed by atoms with Crippen molar-refractivity contribution < 1.29 is 0 Å². The lowest BCUT2D eigenvalue weighted by Gasteiger charge is -2.18. The van der Waals surface area contributed by atoms with Crippen LogP contribution in [0.15, 0.2) is 176 Å². The number of fused-ring (bicyclic) bond motifs is 7. The molecule has 228 valence electrons. The van der Waals surface area contributed by atoms with Crippen LogP contribution in [0, 0.1) is 0 Å². The third-order valence-corrected chi connectivity index (χ3v) is 9.82. The van der Waals surface area contributed by atoms with E-state index in [1.807, 2.05) is 24.4 Å². The molecule has 3 heterocycles. The molecule has 10 aromatic rings. The van der Waals surface area contributed by atoms with Crippen LogP contribution in [0.1, 0.15) is 0 Å². The maximum absolute atomic E-state index is 5.24.